The molecule has 0 spiro atoms. The highest BCUT2D eigenvalue weighted by atomic mass is 32.1. The van der Waals surface area contributed by atoms with Gasteiger partial charge in [-0.15, -0.1) is 11.3 Å². The van der Waals surface area contributed by atoms with Gasteiger partial charge < -0.3 is 10.1 Å². The highest BCUT2D eigenvalue weighted by Gasteiger charge is 2.40. The number of benzene rings is 2. The fourth-order valence-corrected chi connectivity index (χ4v) is 3.94. The maximum atomic E-state index is 13.2. The molecule has 1 N–H and O–H groups in total. The molecule has 0 radical (unpaired) electrons. The first-order valence-electron chi connectivity index (χ1n) is 9.32. The Morgan fingerprint density at radius 1 is 0.966 bits per heavy atom. The van der Waals surface area contributed by atoms with Crippen LogP contribution in [0.5, 0.6) is 5.75 Å². The van der Waals surface area contributed by atoms with E-state index in [1.807, 2.05) is 67.8 Å². The second-order valence-electron chi connectivity index (χ2n) is 6.59. The summed E-state index contributed by atoms with van der Waals surface area (Å²) in [7, 11) is 0. The van der Waals surface area contributed by atoms with Crippen molar-refractivity contribution in [3.05, 3.63) is 82.2 Å². The van der Waals surface area contributed by atoms with Crippen molar-refractivity contribution in [3.8, 4) is 5.75 Å². The van der Waals surface area contributed by atoms with E-state index in [1.165, 1.54) is 16.2 Å². The zero-order valence-electron chi connectivity index (χ0n) is 16.1. The summed E-state index contributed by atoms with van der Waals surface area (Å²) in [5.41, 5.74) is 3.00. The number of ether oxygens (including phenoxy) is 1. The molecule has 0 saturated carbocycles. The van der Waals surface area contributed by atoms with Gasteiger partial charge in [-0.3, -0.25) is 9.59 Å². The van der Waals surface area contributed by atoms with Gasteiger partial charge in [0.15, 0.2) is 0 Å². The van der Waals surface area contributed by atoms with Gasteiger partial charge in [-0.1, -0.05) is 23.8 Å². The average molecular weight is 404 g/mol. The van der Waals surface area contributed by atoms with E-state index < -0.39 is 0 Å². The number of hydrogen-bond acceptors (Lipinski definition) is 5. The van der Waals surface area contributed by atoms with Crippen LogP contribution in [0.25, 0.3) is 5.57 Å². The number of aryl methyl sites for hydroxylation is 1. The number of nitrogens with one attached hydrogen (secondary N) is 1. The van der Waals surface area contributed by atoms with E-state index in [0.717, 1.165) is 16.2 Å². The molecule has 2 aromatic carbocycles. The standard InChI is InChI=1S/C23H20N2O3S/c1-3-28-18-12-8-16(9-13-18)24-21-20(19-5-4-14-29-19)22(26)25(23(21)27)17-10-6-15(2)7-11-17/h4-14,24H,3H2,1-2H3. The Morgan fingerprint density at radius 2 is 1.69 bits per heavy atom. The lowest BCUT2D eigenvalue weighted by Crippen LogP contribution is -2.32. The summed E-state index contributed by atoms with van der Waals surface area (Å²) in [4.78, 5) is 28.5. The monoisotopic (exact) mass is 404 g/mol. The predicted molar refractivity (Wildman–Crippen MR) is 116 cm³/mol. The van der Waals surface area contributed by atoms with Crippen LogP contribution >= 0.6 is 11.3 Å². The molecule has 5 nitrogen and oxygen atoms in total. The molecule has 29 heavy (non-hydrogen) atoms. The molecule has 0 unspecified atom stereocenters. The van der Waals surface area contributed by atoms with Crippen LogP contribution in [0.3, 0.4) is 0 Å². The van der Waals surface area contributed by atoms with Gasteiger partial charge in [0.2, 0.25) is 0 Å². The van der Waals surface area contributed by atoms with Gasteiger partial charge in [0.1, 0.15) is 11.4 Å². The maximum absolute atomic E-state index is 13.2. The SMILES string of the molecule is CCOc1ccc(NC2=C(c3cccs3)C(=O)N(c3ccc(C)cc3)C2=O)cc1. The third-order valence-electron chi connectivity index (χ3n) is 4.58. The zero-order valence-corrected chi connectivity index (χ0v) is 17.0. The Kier molecular flexibility index (Phi) is 5.18. The Balaban J connectivity index is 1.72. The van der Waals surface area contributed by atoms with E-state index in [0.29, 0.717) is 23.6 Å². The Labute approximate surface area is 173 Å². The van der Waals surface area contributed by atoms with Crippen molar-refractivity contribution in [2.45, 2.75) is 13.8 Å². The summed E-state index contributed by atoms with van der Waals surface area (Å²) >= 11 is 1.43. The molecule has 4 rings (SSSR count). The van der Waals surface area contributed by atoms with E-state index in [2.05, 4.69) is 5.32 Å². The minimum Gasteiger partial charge on any atom is -0.494 e. The molecule has 0 saturated heterocycles. The van der Waals surface area contributed by atoms with Crippen LogP contribution in [0, 0.1) is 6.92 Å². The number of anilines is 2. The molecule has 1 aliphatic rings. The lowest BCUT2D eigenvalue weighted by Gasteiger charge is -2.15. The fraction of sp³-hybridized carbons (Fsp3) is 0.130. The van der Waals surface area contributed by atoms with E-state index >= 15 is 0 Å². The minimum absolute atomic E-state index is 0.280. The lowest BCUT2D eigenvalue weighted by atomic mass is 10.2. The van der Waals surface area contributed by atoms with Crippen LogP contribution in [0.15, 0.2) is 71.7 Å². The number of rotatable bonds is 6. The number of thiophene rings is 1. The lowest BCUT2D eigenvalue weighted by molar-refractivity contribution is -0.120. The molecule has 1 aliphatic heterocycles. The number of carbonyl (C=O) groups excluding carboxylic acids is 2. The molecule has 2 heterocycles. The largest absolute Gasteiger partial charge is 0.494 e. The second-order valence-corrected chi connectivity index (χ2v) is 7.54. The molecule has 146 valence electrons. The minimum atomic E-state index is -0.365. The van der Waals surface area contributed by atoms with Gasteiger partial charge in [0.05, 0.1) is 17.9 Å². The first-order chi connectivity index (χ1) is 14.1. The molecular weight excluding hydrogens is 384 g/mol. The van der Waals surface area contributed by atoms with Crippen LogP contribution in [0.1, 0.15) is 17.4 Å². The third kappa shape index (κ3) is 3.67. The molecule has 0 fully saturated rings. The van der Waals surface area contributed by atoms with Crippen molar-refractivity contribution < 1.29 is 14.3 Å². The summed E-state index contributed by atoms with van der Waals surface area (Å²) in [5.74, 6) is 0.0616. The smallest absolute Gasteiger partial charge is 0.282 e. The van der Waals surface area contributed by atoms with Gasteiger partial charge in [-0.05, 0) is 61.7 Å². The van der Waals surface area contributed by atoms with Crippen LogP contribution in [-0.4, -0.2) is 18.4 Å². The van der Waals surface area contributed by atoms with Crippen LogP contribution in [0.4, 0.5) is 11.4 Å². The maximum Gasteiger partial charge on any atom is 0.282 e. The molecule has 0 bridgehead atoms. The normalized spacial score (nSPS) is 13.9. The molecule has 0 atom stereocenters. The number of nitrogens with zero attached hydrogens (tertiary/aromatic N) is 1. The number of hydrogen-bond donors (Lipinski definition) is 1. The van der Waals surface area contributed by atoms with Crippen LogP contribution in [0.2, 0.25) is 0 Å². The van der Waals surface area contributed by atoms with Crippen molar-refractivity contribution in [2.24, 2.45) is 0 Å². The molecule has 1 aromatic heterocycles. The number of carbonyl (C=O) groups is 2. The van der Waals surface area contributed by atoms with Crippen molar-refractivity contribution >= 4 is 40.1 Å². The van der Waals surface area contributed by atoms with Crippen molar-refractivity contribution in [3.63, 3.8) is 0 Å². The highest BCUT2D eigenvalue weighted by molar-refractivity contribution is 7.11. The third-order valence-corrected chi connectivity index (χ3v) is 5.47. The van der Waals surface area contributed by atoms with Gasteiger partial charge in [-0.25, -0.2) is 4.90 Å². The average Bonchev–Trinajstić information content (AvgIpc) is 3.32. The molecule has 6 heteroatoms. The summed E-state index contributed by atoms with van der Waals surface area (Å²) in [6.45, 7) is 4.47. The molecule has 0 aliphatic carbocycles. The van der Waals surface area contributed by atoms with Crippen molar-refractivity contribution in [1.29, 1.82) is 0 Å². The summed E-state index contributed by atoms with van der Waals surface area (Å²) in [6.07, 6.45) is 0. The Morgan fingerprint density at radius 3 is 2.31 bits per heavy atom. The highest BCUT2D eigenvalue weighted by Crippen LogP contribution is 2.35. The van der Waals surface area contributed by atoms with Gasteiger partial charge >= 0.3 is 0 Å². The van der Waals surface area contributed by atoms with E-state index in [9.17, 15) is 9.59 Å². The van der Waals surface area contributed by atoms with E-state index in [-0.39, 0.29) is 17.5 Å². The van der Waals surface area contributed by atoms with Crippen LogP contribution < -0.4 is 15.0 Å². The molecule has 2 amide bonds. The zero-order chi connectivity index (χ0) is 20.4. The molecular formula is C23H20N2O3S. The molecule has 3 aromatic rings. The Bertz CT molecular complexity index is 1070. The first kappa shape index (κ1) is 19.0. The predicted octanol–water partition coefficient (Wildman–Crippen LogP) is 4.85. The fourth-order valence-electron chi connectivity index (χ4n) is 3.17. The topological polar surface area (TPSA) is 58.6 Å². The summed E-state index contributed by atoms with van der Waals surface area (Å²) < 4.78 is 5.47. The van der Waals surface area contributed by atoms with Crippen molar-refractivity contribution in [1.82, 2.24) is 0 Å². The first-order valence-corrected chi connectivity index (χ1v) is 10.2. The Hall–Kier alpha value is -3.38. The van der Waals surface area contributed by atoms with Crippen LogP contribution in [-0.2, 0) is 9.59 Å². The second kappa shape index (κ2) is 7.93. The van der Waals surface area contributed by atoms with Crippen molar-refractivity contribution in [2.75, 3.05) is 16.8 Å². The van der Waals surface area contributed by atoms with Gasteiger partial charge in [0.25, 0.3) is 11.8 Å². The van der Waals surface area contributed by atoms with Gasteiger partial charge in [0, 0.05) is 10.6 Å². The van der Waals surface area contributed by atoms with E-state index in [4.69, 9.17) is 4.74 Å². The number of imide groups is 1. The quantitative estimate of drug-likeness (QED) is 0.597. The summed E-state index contributed by atoms with van der Waals surface area (Å²) in [5, 5.41) is 5.05. The number of amides is 2. The summed E-state index contributed by atoms with van der Waals surface area (Å²) in [6, 6.07) is 18.4. The van der Waals surface area contributed by atoms with Gasteiger partial charge in [-0.2, -0.15) is 0 Å². The van der Waals surface area contributed by atoms with E-state index in [1.54, 1.807) is 12.1 Å².